The highest BCUT2D eigenvalue weighted by Crippen LogP contribution is 1.84. The molecule has 0 radical (unpaired) electrons. The van der Waals surface area contributed by atoms with Gasteiger partial charge in [0.05, 0.1) is 0 Å². The molecule has 0 aromatic heterocycles. The smallest absolute Gasteiger partial charge is 0.185 e. The maximum absolute atomic E-state index is 8.42. The van der Waals surface area contributed by atoms with Crippen molar-refractivity contribution in [2.75, 3.05) is 26.4 Å². The van der Waals surface area contributed by atoms with Crippen LogP contribution in [0.1, 0.15) is 0 Å². The van der Waals surface area contributed by atoms with Crippen molar-refractivity contribution in [1.29, 1.82) is 0 Å². The van der Waals surface area contributed by atoms with E-state index in [1.54, 1.807) is 0 Å². The monoisotopic (exact) mass is 210 g/mol. The van der Waals surface area contributed by atoms with Gasteiger partial charge in [0.15, 0.2) is 10.1 Å². The molecule has 0 spiro atoms. The fourth-order valence-electron chi connectivity index (χ4n) is 0.402. The van der Waals surface area contributed by atoms with Crippen LogP contribution in [0.25, 0.3) is 0 Å². The second-order valence-electron chi connectivity index (χ2n) is 1.76. The molecule has 2 N–H and O–H groups in total. The molecule has 0 saturated heterocycles. The third-order valence-electron chi connectivity index (χ3n) is 0.868. The van der Waals surface area contributed by atoms with Crippen molar-refractivity contribution in [3.05, 3.63) is 0 Å². The molecular formula is C6H10O4S2. The second kappa shape index (κ2) is 7.35. The predicted molar refractivity (Wildman–Crippen MR) is 51.3 cm³/mol. The summed E-state index contributed by atoms with van der Waals surface area (Å²) in [7, 11) is 0. The summed E-state index contributed by atoms with van der Waals surface area (Å²) in [6.07, 6.45) is 0. The number of aliphatic hydroxyl groups excluding tert-OH is 2. The molecule has 0 saturated carbocycles. The molecule has 0 rings (SSSR count). The topological polar surface area (TPSA) is 58.9 Å². The quantitative estimate of drug-likeness (QED) is 0.478. The van der Waals surface area contributed by atoms with Crippen molar-refractivity contribution in [3.8, 4) is 0 Å². The van der Waals surface area contributed by atoms with Crippen molar-refractivity contribution in [2.45, 2.75) is 0 Å². The van der Waals surface area contributed by atoms with Gasteiger partial charge < -0.3 is 19.7 Å². The van der Waals surface area contributed by atoms with Crippen molar-refractivity contribution in [2.24, 2.45) is 0 Å². The van der Waals surface area contributed by atoms with E-state index in [-0.39, 0.29) is 36.5 Å². The Labute approximate surface area is 81.1 Å². The van der Waals surface area contributed by atoms with E-state index >= 15 is 0 Å². The Hall–Kier alpha value is -0.300. The highest BCUT2D eigenvalue weighted by molar-refractivity contribution is 7.80. The van der Waals surface area contributed by atoms with Gasteiger partial charge in [0.25, 0.3) is 0 Å². The van der Waals surface area contributed by atoms with Crippen LogP contribution in [0.3, 0.4) is 0 Å². The first-order chi connectivity index (χ1) is 5.70. The number of hydrogen-bond donors (Lipinski definition) is 2. The lowest BCUT2D eigenvalue weighted by atomic mass is 10.7. The molecule has 0 unspecified atom stereocenters. The third-order valence-corrected chi connectivity index (χ3v) is 1.36. The number of ether oxygens (including phenoxy) is 2. The van der Waals surface area contributed by atoms with Crippen LogP contribution in [0.15, 0.2) is 0 Å². The number of rotatable bonds is 5. The lowest BCUT2D eigenvalue weighted by molar-refractivity contribution is 0.183. The zero-order chi connectivity index (χ0) is 9.40. The lowest BCUT2D eigenvalue weighted by Crippen LogP contribution is -2.15. The molecule has 12 heavy (non-hydrogen) atoms. The van der Waals surface area contributed by atoms with Crippen LogP contribution in [0.5, 0.6) is 0 Å². The molecule has 0 aromatic rings. The second-order valence-corrected chi connectivity index (χ2v) is 2.67. The van der Waals surface area contributed by atoms with Gasteiger partial charge in [-0.2, -0.15) is 0 Å². The average Bonchev–Trinajstić information content (AvgIpc) is 2.11. The molecule has 70 valence electrons. The van der Waals surface area contributed by atoms with Gasteiger partial charge in [0.2, 0.25) is 0 Å². The van der Waals surface area contributed by atoms with E-state index in [0.717, 1.165) is 0 Å². The van der Waals surface area contributed by atoms with Crippen LogP contribution in [0, 0.1) is 0 Å². The summed E-state index contributed by atoms with van der Waals surface area (Å²) in [5, 5.41) is 17.1. The highest BCUT2D eigenvalue weighted by atomic mass is 32.1. The van der Waals surface area contributed by atoms with E-state index < -0.39 is 0 Å². The SMILES string of the molecule is OCC(=S)OCCOC(=S)CO. The lowest BCUT2D eigenvalue weighted by Gasteiger charge is -2.06. The molecule has 0 aliphatic carbocycles. The summed E-state index contributed by atoms with van der Waals surface area (Å²) in [4.78, 5) is 0. The molecule has 0 fully saturated rings. The summed E-state index contributed by atoms with van der Waals surface area (Å²) < 4.78 is 9.60. The van der Waals surface area contributed by atoms with Crippen molar-refractivity contribution in [3.63, 3.8) is 0 Å². The van der Waals surface area contributed by atoms with Gasteiger partial charge in [-0.25, -0.2) is 0 Å². The van der Waals surface area contributed by atoms with E-state index in [2.05, 4.69) is 24.4 Å². The van der Waals surface area contributed by atoms with Crippen LogP contribution in [-0.2, 0) is 9.47 Å². The number of aliphatic hydroxyl groups is 2. The van der Waals surface area contributed by atoms with Crippen LogP contribution >= 0.6 is 24.4 Å². The first-order valence-corrected chi connectivity index (χ1v) is 4.05. The Bertz CT molecular complexity index is 142. The summed E-state index contributed by atoms with van der Waals surface area (Å²) in [5.41, 5.74) is 0. The molecule has 6 heteroatoms. The maximum Gasteiger partial charge on any atom is 0.185 e. The molecule has 0 amide bonds. The fourth-order valence-corrected chi connectivity index (χ4v) is 0.569. The minimum absolute atomic E-state index is 0.119. The first-order valence-electron chi connectivity index (χ1n) is 3.23. The molecular weight excluding hydrogens is 200 g/mol. The van der Waals surface area contributed by atoms with Crippen LogP contribution in [0.4, 0.5) is 0 Å². The first kappa shape index (κ1) is 11.7. The Kier molecular flexibility index (Phi) is 7.17. The number of thiocarbonyl (C=S) groups is 2. The van der Waals surface area contributed by atoms with E-state index in [1.165, 1.54) is 0 Å². The summed E-state index contributed by atoms with van der Waals surface area (Å²) in [6.45, 7) is -0.112. The van der Waals surface area contributed by atoms with E-state index in [0.29, 0.717) is 0 Å². The van der Waals surface area contributed by atoms with Crippen LogP contribution in [0.2, 0.25) is 0 Å². The number of hydrogen-bond acceptors (Lipinski definition) is 6. The van der Waals surface area contributed by atoms with Gasteiger partial charge in [-0.15, -0.1) is 0 Å². The zero-order valence-corrected chi connectivity index (χ0v) is 7.99. The Morgan fingerprint density at radius 2 is 1.25 bits per heavy atom. The minimum atomic E-state index is -0.278. The van der Waals surface area contributed by atoms with Crippen molar-refractivity contribution >= 4 is 34.5 Å². The van der Waals surface area contributed by atoms with Gasteiger partial charge >= 0.3 is 0 Å². The molecule has 0 aliphatic rings. The van der Waals surface area contributed by atoms with E-state index in [9.17, 15) is 0 Å². The van der Waals surface area contributed by atoms with E-state index in [4.69, 9.17) is 19.7 Å². The predicted octanol–water partition coefficient (Wildman–Crippen LogP) is -0.341. The van der Waals surface area contributed by atoms with Crippen molar-refractivity contribution < 1.29 is 19.7 Å². The molecule has 0 atom stereocenters. The largest absolute Gasteiger partial charge is 0.481 e. The summed E-state index contributed by atoms with van der Waals surface area (Å²) in [5.74, 6) is 0. The van der Waals surface area contributed by atoms with Gasteiger partial charge in [0.1, 0.15) is 26.4 Å². The Morgan fingerprint density at radius 1 is 0.917 bits per heavy atom. The normalized spacial score (nSPS) is 9.17. The Balaban J connectivity index is 3.21. The zero-order valence-electron chi connectivity index (χ0n) is 6.36. The minimum Gasteiger partial charge on any atom is -0.481 e. The molecule has 0 heterocycles. The average molecular weight is 210 g/mol. The third kappa shape index (κ3) is 6.41. The molecule has 4 nitrogen and oxygen atoms in total. The summed E-state index contributed by atoms with van der Waals surface area (Å²) >= 11 is 9.11. The van der Waals surface area contributed by atoms with Crippen LogP contribution in [-0.4, -0.2) is 46.7 Å². The molecule has 0 bridgehead atoms. The van der Waals surface area contributed by atoms with Gasteiger partial charge in [-0.3, -0.25) is 0 Å². The molecule has 0 aliphatic heterocycles. The van der Waals surface area contributed by atoms with Crippen molar-refractivity contribution in [1.82, 2.24) is 0 Å². The highest BCUT2D eigenvalue weighted by Gasteiger charge is 1.96. The molecule has 0 aromatic carbocycles. The van der Waals surface area contributed by atoms with Gasteiger partial charge in [-0.05, 0) is 24.4 Å². The fraction of sp³-hybridized carbons (Fsp3) is 0.667. The van der Waals surface area contributed by atoms with E-state index in [1.807, 2.05) is 0 Å². The standard InChI is InChI=1S/C6H10O4S2/c7-3-5(11)9-1-2-10-6(12)4-8/h7-8H,1-4H2. The maximum atomic E-state index is 8.42. The van der Waals surface area contributed by atoms with Gasteiger partial charge in [-0.1, -0.05) is 0 Å². The van der Waals surface area contributed by atoms with Crippen LogP contribution < -0.4 is 0 Å². The summed E-state index contributed by atoms with van der Waals surface area (Å²) in [6, 6.07) is 0. The van der Waals surface area contributed by atoms with Gasteiger partial charge in [0, 0.05) is 0 Å². The Morgan fingerprint density at radius 3 is 1.50 bits per heavy atom.